The molecule has 22 heavy (non-hydrogen) atoms. The molecule has 0 fully saturated rings. The Kier molecular flexibility index (Phi) is 5.72. The van der Waals surface area contributed by atoms with E-state index < -0.39 is 5.92 Å². The van der Waals surface area contributed by atoms with Gasteiger partial charge in [0.2, 0.25) is 0 Å². The molecule has 2 aromatic rings. The van der Waals surface area contributed by atoms with Gasteiger partial charge >= 0.3 is 5.97 Å². The van der Waals surface area contributed by atoms with E-state index in [-0.39, 0.29) is 18.4 Å². The highest BCUT2D eigenvalue weighted by Crippen LogP contribution is 2.10. The van der Waals surface area contributed by atoms with E-state index >= 15 is 0 Å². The highest BCUT2D eigenvalue weighted by atomic mass is 16.5. The summed E-state index contributed by atoms with van der Waals surface area (Å²) in [5.41, 5.74) is 1.61. The van der Waals surface area contributed by atoms with Gasteiger partial charge in [0.1, 0.15) is 0 Å². The third kappa shape index (κ3) is 4.45. The van der Waals surface area contributed by atoms with Crippen molar-refractivity contribution in [3.63, 3.8) is 0 Å². The highest BCUT2D eigenvalue weighted by molar-refractivity contribution is 5.94. The van der Waals surface area contributed by atoms with Gasteiger partial charge < -0.3 is 10.1 Å². The van der Waals surface area contributed by atoms with Crippen LogP contribution in [-0.4, -0.2) is 25.5 Å². The van der Waals surface area contributed by atoms with Crippen LogP contribution >= 0.6 is 0 Å². The molecule has 0 heterocycles. The van der Waals surface area contributed by atoms with Gasteiger partial charge in [-0.25, -0.2) is 0 Å². The number of methoxy groups -OCH3 is 1. The van der Waals surface area contributed by atoms with Gasteiger partial charge in [0.15, 0.2) is 0 Å². The number of hydrogen-bond acceptors (Lipinski definition) is 3. The Labute approximate surface area is 130 Å². The van der Waals surface area contributed by atoms with Crippen molar-refractivity contribution >= 4 is 11.9 Å². The fourth-order valence-electron chi connectivity index (χ4n) is 2.21. The summed E-state index contributed by atoms with van der Waals surface area (Å²) in [6, 6.07) is 18.6. The number of carbonyl (C=O) groups excluding carboxylic acids is 2. The molecule has 4 nitrogen and oxygen atoms in total. The summed E-state index contributed by atoms with van der Waals surface area (Å²) in [4.78, 5) is 23.9. The number of ether oxygens (including phenoxy) is 1. The summed E-state index contributed by atoms with van der Waals surface area (Å²) in [5.74, 6) is -0.917. The van der Waals surface area contributed by atoms with Crippen molar-refractivity contribution in [3.05, 3.63) is 71.8 Å². The van der Waals surface area contributed by atoms with E-state index in [2.05, 4.69) is 5.32 Å². The van der Waals surface area contributed by atoms with Gasteiger partial charge in [-0.05, 0) is 24.1 Å². The zero-order valence-corrected chi connectivity index (χ0v) is 12.5. The van der Waals surface area contributed by atoms with Crippen molar-refractivity contribution in [3.8, 4) is 0 Å². The maximum atomic E-state index is 12.0. The second kappa shape index (κ2) is 7.98. The quantitative estimate of drug-likeness (QED) is 0.833. The van der Waals surface area contributed by atoms with Crippen molar-refractivity contribution in [2.45, 2.75) is 6.42 Å². The number of rotatable bonds is 6. The minimum absolute atomic E-state index is 0.192. The summed E-state index contributed by atoms with van der Waals surface area (Å²) in [6.07, 6.45) is 0.530. The van der Waals surface area contributed by atoms with Gasteiger partial charge in [-0.15, -0.1) is 0 Å². The normalized spacial score (nSPS) is 11.5. The zero-order valence-electron chi connectivity index (χ0n) is 12.5. The van der Waals surface area contributed by atoms with Crippen molar-refractivity contribution in [1.82, 2.24) is 5.32 Å². The Balaban J connectivity index is 1.98. The average molecular weight is 297 g/mol. The first kappa shape index (κ1) is 15.8. The van der Waals surface area contributed by atoms with Gasteiger partial charge in [-0.2, -0.15) is 0 Å². The molecule has 0 saturated carbocycles. The second-order valence-electron chi connectivity index (χ2n) is 4.99. The van der Waals surface area contributed by atoms with Gasteiger partial charge in [-0.3, -0.25) is 9.59 Å². The van der Waals surface area contributed by atoms with Crippen LogP contribution in [0.1, 0.15) is 15.9 Å². The van der Waals surface area contributed by atoms with Crippen LogP contribution in [0.15, 0.2) is 60.7 Å². The smallest absolute Gasteiger partial charge is 0.310 e. The lowest BCUT2D eigenvalue weighted by Crippen LogP contribution is -2.34. The van der Waals surface area contributed by atoms with Crippen LogP contribution in [0.25, 0.3) is 0 Å². The van der Waals surface area contributed by atoms with Gasteiger partial charge in [0.25, 0.3) is 5.91 Å². The largest absolute Gasteiger partial charge is 0.469 e. The highest BCUT2D eigenvalue weighted by Gasteiger charge is 2.20. The fraction of sp³-hybridized carbons (Fsp3) is 0.222. The molecule has 0 radical (unpaired) electrons. The van der Waals surface area contributed by atoms with Crippen LogP contribution in [-0.2, 0) is 16.0 Å². The third-order valence-electron chi connectivity index (χ3n) is 3.40. The second-order valence-corrected chi connectivity index (χ2v) is 4.99. The number of esters is 1. The van der Waals surface area contributed by atoms with Crippen LogP contribution in [0, 0.1) is 5.92 Å². The minimum Gasteiger partial charge on any atom is -0.469 e. The summed E-state index contributed by atoms with van der Waals surface area (Å²) in [7, 11) is 1.36. The van der Waals surface area contributed by atoms with E-state index in [1.165, 1.54) is 7.11 Å². The maximum Gasteiger partial charge on any atom is 0.310 e. The first-order valence-electron chi connectivity index (χ1n) is 7.15. The molecule has 0 spiro atoms. The van der Waals surface area contributed by atoms with Crippen LogP contribution < -0.4 is 5.32 Å². The predicted octanol–water partition coefficient (Wildman–Crippen LogP) is 2.45. The Morgan fingerprint density at radius 3 is 2.18 bits per heavy atom. The molecule has 0 unspecified atom stereocenters. The molecule has 2 aromatic carbocycles. The lowest BCUT2D eigenvalue weighted by molar-refractivity contribution is -0.145. The number of benzene rings is 2. The number of amides is 1. The molecular formula is C18H19NO3. The Hall–Kier alpha value is -2.62. The van der Waals surface area contributed by atoms with E-state index in [4.69, 9.17) is 4.74 Å². The van der Waals surface area contributed by atoms with E-state index in [9.17, 15) is 9.59 Å². The van der Waals surface area contributed by atoms with Gasteiger partial charge in [-0.1, -0.05) is 48.5 Å². The lowest BCUT2D eigenvalue weighted by Gasteiger charge is -2.15. The molecule has 0 aliphatic carbocycles. The van der Waals surface area contributed by atoms with E-state index in [1.807, 2.05) is 36.4 Å². The Bertz CT molecular complexity index is 611. The van der Waals surface area contributed by atoms with Crippen LogP contribution in [0.2, 0.25) is 0 Å². The van der Waals surface area contributed by atoms with E-state index in [1.54, 1.807) is 24.3 Å². The minimum atomic E-state index is -0.403. The Morgan fingerprint density at radius 2 is 1.59 bits per heavy atom. The molecule has 2 rings (SSSR count). The van der Waals surface area contributed by atoms with Crippen molar-refractivity contribution in [2.75, 3.05) is 13.7 Å². The molecule has 0 aliphatic rings. The third-order valence-corrected chi connectivity index (χ3v) is 3.40. The van der Waals surface area contributed by atoms with Gasteiger partial charge in [0, 0.05) is 12.1 Å². The molecule has 1 N–H and O–H groups in total. The molecule has 1 atom stereocenters. The zero-order chi connectivity index (χ0) is 15.8. The molecule has 0 aliphatic heterocycles. The van der Waals surface area contributed by atoms with Crippen molar-refractivity contribution in [2.24, 2.45) is 5.92 Å². The van der Waals surface area contributed by atoms with Crippen LogP contribution in [0.5, 0.6) is 0 Å². The topological polar surface area (TPSA) is 55.4 Å². The molecule has 1 amide bonds. The van der Waals surface area contributed by atoms with Gasteiger partial charge in [0.05, 0.1) is 13.0 Å². The molecule has 0 saturated heterocycles. The standard InChI is InChI=1S/C18H19NO3/c1-22-18(21)16(12-14-8-4-2-5-9-14)13-19-17(20)15-10-6-3-7-11-15/h2-11,16H,12-13H2,1H3,(H,19,20)/t16-/m1/s1. The van der Waals surface area contributed by atoms with E-state index in [0.717, 1.165) is 5.56 Å². The number of nitrogens with one attached hydrogen (secondary N) is 1. The summed E-state index contributed by atoms with van der Waals surface area (Å²) < 4.78 is 4.83. The average Bonchev–Trinajstić information content (AvgIpc) is 2.59. The lowest BCUT2D eigenvalue weighted by atomic mass is 9.99. The number of hydrogen-bond donors (Lipinski definition) is 1. The Morgan fingerprint density at radius 1 is 1.00 bits per heavy atom. The number of carbonyl (C=O) groups is 2. The van der Waals surface area contributed by atoms with E-state index in [0.29, 0.717) is 12.0 Å². The predicted molar refractivity (Wildman–Crippen MR) is 84.4 cm³/mol. The first-order valence-corrected chi connectivity index (χ1v) is 7.15. The molecule has 0 aromatic heterocycles. The monoisotopic (exact) mass is 297 g/mol. The van der Waals surface area contributed by atoms with Crippen molar-refractivity contribution in [1.29, 1.82) is 0 Å². The molecule has 0 bridgehead atoms. The molecular weight excluding hydrogens is 278 g/mol. The van der Waals surface area contributed by atoms with Crippen LogP contribution in [0.3, 0.4) is 0 Å². The fourth-order valence-corrected chi connectivity index (χ4v) is 2.21. The summed E-state index contributed by atoms with van der Waals surface area (Å²) >= 11 is 0. The van der Waals surface area contributed by atoms with Crippen LogP contribution in [0.4, 0.5) is 0 Å². The summed E-state index contributed by atoms with van der Waals surface area (Å²) in [5, 5.41) is 2.79. The molecule has 4 heteroatoms. The SMILES string of the molecule is COC(=O)[C@@H](CNC(=O)c1ccccc1)Cc1ccccc1. The summed E-state index contributed by atoms with van der Waals surface area (Å²) in [6.45, 7) is 0.245. The molecule has 114 valence electrons. The van der Waals surface area contributed by atoms with Crippen molar-refractivity contribution < 1.29 is 14.3 Å². The maximum absolute atomic E-state index is 12.0. The first-order chi connectivity index (χ1) is 10.7.